The predicted molar refractivity (Wildman–Crippen MR) is 63.4 cm³/mol. The van der Waals surface area contributed by atoms with Gasteiger partial charge in [0.05, 0.1) is 0 Å². The molecule has 94 valence electrons. The summed E-state index contributed by atoms with van der Waals surface area (Å²) >= 11 is 0. The third-order valence-electron chi connectivity index (χ3n) is 2.37. The van der Waals surface area contributed by atoms with E-state index in [1.807, 2.05) is 0 Å². The molecule has 0 saturated carbocycles. The van der Waals surface area contributed by atoms with Gasteiger partial charge in [0, 0.05) is 6.54 Å². The van der Waals surface area contributed by atoms with Gasteiger partial charge in [0.15, 0.2) is 5.69 Å². The van der Waals surface area contributed by atoms with E-state index in [1.165, 1.54) is 18.4 Å². The normalized spacial score (nSPS) is 10.3. The molecule has 6 heteroatoms. The molecule has 1 amide bonds. The molecule has 0 atom stereocenters. The summed E-state index contributed by atoms with van der Waals surface area (Å²) in [5, 5.41) is 2.66. The fourth-order valence-corrected chi connectivity index (χ4v) is 1.45. The molecule has 0 bridgehead atoms. The topological polar surface area (TPSA) is 81.1 Å². The van der Waals surface area contributed by atoms with Gasteiger partial charge in [-0.15, -0.1) is 0 Å². The smallest absolute Gasteiger partial charge is 0.292 e. The SMILES string of the molecule is Nc1nc(C(=O)NCCc2ccc(F)cc2)co1. The second kappa shape index (κ2) is 5.31. The maximum Gasteiger partial charge on any atom is 0.292 e. The van der Waals surface area contributed by atoms with Gasteiger partial charge in [-0.25, -0.2) is 4.39 Å². The number of hydrogen-bond donors (Lipinski definition) is 2. The van der Waals surface area contributed by atoms with Gasteiger partial charge in [-0.2, -0.15) is 4.98 Å². The van der Waals surface area contributed by atoms with Crippen molar-refractivity contribution in [2.45, 2.75) is 6.42 Å². The van der Waals surface area contributed by atoms with Gasteiger partial charge < -0.3 is 15.5 Å². The largest absolute Gasteiger partial charge is 0.431 e. The number of hydrogen-bond acceptors (Lipinski definition) is 4. The Labute approximate surface area is 103 Å². The molecule has 1 aromatic heterocycles. The summed E-state index contributed by atoms with van der Waals surface area (Å²) < 4.78 is 17.4. The summed E-state index contributed by atoms with van der Waals surface area (Å²) in [5.41, 5.74) is 6.34. The van der Waals surface area contributed by atoms with E-state index in [-0.39, 0.29) is 23.4 Å². The number of aromatic nitrogens is 1. The lowest BCUT2D eigenvalue weighted by atomic mass is 10.1. The quantitative estimate of drug-likeness (QED) is 0.857. The van der Waals surface area contributed by atoms with Crippen LogP contribution in [-0.2, 0) is 6.42 Å². The molecule has 5 nitrogen and oxygen atoms in total. The molecule has 2 rings (SSSR count). The summed E-state index contributed by atoms with van der Waals surface area (Å²) in [4.78, 5) is 15.3. The lowest BCUT2D eigenvalue weighted by Gasteiger charge is -2.03. The Bertz CT molecular complexity index is 537. The Hall–Kier alpha value is -2.37. The zero-order chi connectivity index (χ0) is 13.0. The highest BCUT2D eigenvalue weighted by molar-refractivity contribution is 5.92. The highest BCUT2D eigenvalue weighted by atomic mass is 19.1. The minimum absolute atomic E-state index is 0.0429. The van der Waals surface area contributed by atoms with Crippen molar-refractivity contribution in [2.24, 2.45) is 0 Å². The number of nitrogens with zero attached hydrogens (tertiary/aromatic N) is 1. The van der Waals surface area contributed by atoms with Gasteiger partial charge in [-0.3, -0.25) is 4.79 Å². The van der Waals surface area contributed by atoms with Crippen molar-refractivity contribution < 1.29 is 13.6 Å². The van der Waals surface area contributed by atoms with Gasteiger partial charge in [0.25, 0.3) is 11.9 Å². The van der Waals surface area contributed by atoms with Crippen LogP contribution in [0.25, 0.3) is 0 Å². The average Bonchev–Trinajstić information content (AvgIpc) is 2.78. The number of amides is 1. The van der Waals surface area contributed by atoms with E-state index in [4.69, 9.17) is 10.2 Å². The molecule has 0 saturated heterocycles. The molecule has 2 aromatic rings. The Morgan fingerprint density at radius 2 is 2.11 bits per heavy atom. The zero-order valence-electron chi connectivity index (χ0n) is 9.52. The van der Waals surface area contributed by atoms with Crippen LogP contribution in [0.2, 0.25) is 0 Å². The Morgan fingerprint density at radius 1 is 1.39 bits per heavy atom. The van der Waals surface area contributed by atoms with E-state index in [0.717, 1.165) is 5.56 Å². The summed E-state index contributed by atoms with van der Waals surface area (Å²) in [7, 11) is 0. The van der Waals surface area contributed by atoms with Crippen LogP contribution in [0.4, 0.5) is 10.4 Å². The molecular formula is C12H12FN3O2. The minimum atomic E-state index is -0.349. The summed E-state index contributed by atoms with van der Waals surface area (Å²) in [6, 6.07) is 6.08. The van der Waals surface area contributed by atoms with Crippen LogP contribution in [-0.4, -0.2) is 17.4 Å². The minimum Gasteiger partial charge on any atom is -0.431 e. The number of carbonyl (C=O) groups excluding carboxylic acids is 1. The number of anilines is 1. The molecule has 18 heavy (non-hydrogen) atoms. The summed E-state index contributed by atoms with van der Waals surface area (Å²) in [6.07, 6.45) is 1.81. The number of carbonyl (C=O) groups is 1. The second-order valence-electron chi connectivity index (χ2n) is 3.70. The molecule has 0 aliphatic heterocycles. The molecule has 1 heterocycles. The van der Waals surface area contributed by atoms with Crippen LogP contribution < -0.4 is 11.1 Å². The average molecular weight is 249 g/mol. The lowest BCUT2D eigenvalue weighted by molar-refractivity contribution is 0.0949. The zero-order valence-corrected chi connectivity index (χ0v) is 9.52. The number of halogens is 1. The third-order valence-corrected chi connectivity index (χ3v) is 2.37. The third kappa shape index (κ3) is 3.07. The second-order valence-corrected chi connectivity index (χ2v) is 3.70. The molecule has 0 fully saturated rings. The van der Waals surface area contributed by atoms with Gasteiger partial charge >= 0.3 is 0 Å². The molecular weight excluding hydrogens is 237 g/mol. The number of rotatable bonds is 4. The van der Waals surface area contributed by atoms with Crippen molar-refractivity contribution in [3.8, 4) is 0 Å². The van der Waals surface area contributed by atoms with E-state index in [0.29, 0.717) is 13.0 Å². The monoisotopic (exact) mass is 249 g/mol. The number of benzene rings is 1. The van der Waals surface area contributed by atoms with E-state index >= 15 is 0 Å². The Kier molecular flexibility index (Phi) is 3.57. The fraction of sp³-hybridized carbons (Fsp3) is 0.167. The number of nitrogens with one attached hydrogen (secondary N) is 1. The van der Waals surface area contributed by atoms with E-state index in [9.17, 15) is 9.18 Å². The van der Waals surface area contributed by atoms with Crippen LogP contribution in [0.15, 0.2) is 34.9 Å². The van der Waals surface area contributed by atoms with E-state index in [1.54, 1.807) is 12.1 Å². The first-order chi connectivity index (χ1) is 8.65. The van der Waals surface area contributed by atoms with Crippen LogP contribution in [0.3, 0.4) is 0 Å². The molecule has 0 unspecified atom stereocenters. The van der Waals surface area contributed by atoms with E-state index in [2.05, 4.69) is 10.3 Å². The highest BCUT2D eigenvalue weighted by Gasteiger charge is 2.09. The van der Waals surface area contributed by atoms with Gasteiger partial charge in [0.2, 0.25) is 0 Å². The first-order valence-corrected chi connectivity index (χ1v) is 5.39. The first kappa shape index (κ1) is 12.1. The van der Waals surface area contributed by atoms with Crippen molar-refractivity contribution in [3.63, 3.8) is 0 Å². The molecule has 1 aromatic carbocycles. The number of oxazole rings is 1. The van der Waals surface area contributed by atoms with Gasteiger partial charge in [-0.1, -0.05) is 12.1 Å². The van der Waals surface area contributed by atoms with Gasteiger partial charge in [0.1, 0.15) is 12.1 Å². The molecule has 0 aliphatic rings. The van der Waals surface area contributed by atoms with Crippen LogP contribution in [0, 0.1) is 5.82 Å². The maximum atomic E-state index is 12.7. The van der Waals surface area contributed by atoms with Gasteiger partial charge in [-0.05, 0) is 24.1 Å². The summed E-state index contributed by atoms with van der Waals surface area (Å²) in [6.45, 7) is 0.428. The molecule has 0 aliphatic carbocycles. The molecule has 3 N–H and O–H groups in total. The standard InChI is InChI=1S/C12H12FN3O2/c13-9-3-1-8(2-4-9)5-6-15-11(17)10-7-18-12(14)16-10/h1-4,7H,5-6H2,(H2,14,16)(H,15,17). The number of nitrogens with two attached hydrogens (primary N) is 1. The maximum absolute atomic E-state index is 12.7. The van der Waals surface area contributed by atoms with Crippen LogP contribution >= 0.6 is 0 Å². The van der Waals surface area contributed by atoms with Crippen molar-refractivity contribution in [2.75, 3.05) is 12.3 Å². The van der Waals surface area contributed by atoms with Crippen molar-refractivity contribution in [1.29, 1.82) is 0 Å². The summed E-state index contributed by atoms with van der Waals surface area (Å²) in [5.74, 6) is -0.626. The number of nitrogen functional groups attached to an aromatic ring is 1. The van der Waals surface area contributed by atoms with Crippen LogP contribution in [0.5, 0.6) is 0 Å². The Balaban J connectivity index is 1.82. The van der Waals surface area contributed by atoms with Crippen molar-refractivity contribution >= 4 is 11.9 Å². The van der Waals surface area contributed by atoms with Crippen molar-refractivity contribution in [1.82, 2.24) is 10.3 Å². The lowest BCUT2D eigenvalue weighted by Crippen LogP contribution is -2.26. The fourth-order valence-electron chi connectivity index (χ4n) is 1.45. The van der Waals surface area contributed by atoms with E-state index < -0.39 is 0 Å². The van der Waals surface area contributed by atoms with Crippen LogP contribution in [0.1, 0.15) is 16.1 Å². The predicted octanol–water partition coefficient (Wildman–Crippen LogP) is 1.37. The van der Waals surface area contributed by atoms with Crippen molar-refractivity contribution in [3.05, 3.63) is 47.6 Å². The molecule has 0 radical (unpaired) electrons. The first-order valence-electron chi connectivity index (χ1n) is 5.39. The Morgan fingerprint density at radius 3 is 2.72 bits per heavy atom. The molecule has 0 spiro atoms. The highest BCUT2D eigenvalue weighted by Crippen LogP contribution is 2.04.